The van der Waals surface area contributed by atoms with Crippen LogP contribution in [0.25, 0.3) is 0 Å². The van der Waals surface area contributed by atoms with Crippen molar-refractivity contribution in [2.75, 3.05) is 59.5 Å². The van der Waals surface area contributed by atoms with E-state index in [9.17, 15) is 14.0 Å². The van der Waals surface area contributed by atoms with E-state index >= 15 is 0 Å². The largest absolute Gasteiger partial charge is 0.493 e. The molecule has 0 saturated carbocycles. The van der Waals surface area contributed by atoms with Crippen molar-refractivity contribution < 1.29 is 23.5 Å². The number of nitrogens with zero attached hydrogens (tertiary/aromatic N) is 3. The molecule has 2 aromatic rings. The van der Waals surface area contributed by atoms with Crippen LogP contribution in [-0.4, -0.2) is 86.0 Å². The van der Waals surface area contributed by atoms with Gasteiger partial charge in [-0.25, -0.2) is 4.39 Å². The van der Waals surface area contributed by atoms with E-state index in [2.05, 4.69) is 11.9 Å². The Bertz CT molecular complexity index is 1030. The van der Waals surface area contributed by atoms with Gasteiger partial charge in [0.05, 0.1) is 6.61 Å². The maximum atomic E-state index is 13.3. The van der Waals surface area contributed by atoms with Crippen molar-refractivity contribution >= 4 is 23.4 Å². The molecule has 2 aromatic carbocycles. The lowest BCUT2D eigenvalue weighted by Crippen LogP contribution is -2.53. The third kappa shape index (κ3) is 7.11. The minimum atomic E-state index is -0.539. The van der Waals surface area contributed by atoms with Crippen molar-refractivity contribution in [2.45, 2.75) is 19.3 Å². The zero-order valence-electron chi connectivity index (χ0n) is 20.6. The smallest absolute Gasteiger partial charge is 0.260 e. The molecule has 1 atom stereocenters. The van der Waals surface area contributed by atoms with Crippen LogP contribution in [0.5, 0.6) is 11.5 Å². The first-order chi connectivity index (χ1) is 17.3. The quantitative estimate of drug-likeness (QED) is 0.534. The monoisotopic (exact) mass is 517 g/mol. The highest BCUT2D eigenvalue weighted by molar-refractivity contribution is 6.30. The molecular weight excluding hydrogens is 485 g/mol. The third-order valence-electron chi connectivity index (χ3n) is 6.93. The van der Waals surface area contributed by atoms with Crippen molar-refractivity contribution in [2.24, 2.45) is 5.41 Å². The highest BCUT2D eigenvalue weighted by Gasteiger charge is 2.41. The van der Waals surface area contributed by atoms with Gasteiger partial charge in [0.15, 0.2) is 6.61 Å². The summed E-state index contributed by atoms with van der Waals surface area (Å²) in [6.45, 7) is 4.25. The van der Waals surface area contributed by atoms with Gasteiger partial charge in [0, 0.05) is 56.1 Å². The van der Waals surface area contributed by atoms with Crippen LogP contribution in [0.1, 0.15) is 19.3 Å². The molecule has 9 heteroatoms. The molecule has 0 aromatic heterocycles. The molecule has 0 N–H and O–H groups in total. The van der Waals surface area contributed by atoms with Gasteiger partial charge in [0.2, 0.25) is 5.91 Å². The molecule has 2 aliphatic heterocycles. The standard InChI is InChI=1S/C27H33ClFN3O4/c1-30-13-15-31(16-14-30)25(33)17-27(20-36-24-9-5-22(29)6-10-24)11-2-12-32(19-27)26(34)18-35-23-7-3-21(28)4-8-23/h3-10H,2,11-20H2,1H3/t27-/m1/s1. The second-order valence-electron chi connectivity index (χ2n) is 9.76. The minimum absolute atomic E-state index is 0.0810. The molecule has 36 heavy (non-hydrogen) atoms. The summed E-state index contributed by atoms with van der Waals surface area (Å²) >= 11 is 5.92. The van der Waals surface area contributed by atoms with Crippen LogP contribution < -0.4 is 9.47 Å². The van der Waals surface area contributed by atoms with Crippen LogP contribution >= 0.6 is 11.6 Å². The fourth-order valence-corrected chi connectivity index (χ4v) is 4.88. The molecule has 2 amide bonds. The molecule has 7 nitrogen and oxygen atoms in total. The fraction of sp³-hybridized carbons (Fsp3) is 0.481. The lowest BCUT2D eigenvalue weighted by atomic mass is 9.77. The van der Waals surface area contributed by atoms with E-state index in [0.717, 1.165) is 25.9 Å². The van der Waals surface area contributed by atoms with Gasteiger partial charge in [0.1, 0.15) is 17.3 Å². The van der Waals surface area contributed by atoms with Gasteiger partial charge >= 0.3 is 0 Å². The van der Waals surface area contributed by atoms with Crippen LogP contribution in [0.4, 0.5) is 4.39 Å². The number of carbonyl (C=O) groups excluding carboxylic acids is 2. The Kier molecular flexibility index (Phi) is 8.69. The van der Waals surface area contributed by atoms with Gasteiger partial charge < -0.3 is 24.2 Å². The average molecular weight is 518 g/mol. The first kappa shape index (κ1) is 26.2. The topological polar surface area (TPSA) is 62.3 Å². The van der Waals surface area contributed by atoms with Crippen molar-refractivity contribution in [1.82, 2.24) is 14.7 Å². The molecule has 2 aliphatic rings. The predicted molar refractivity (Wildman–Crippen MR) is 136 cm³/mol. The summed E-state index contributed by atoms with van der Waals surface area (Å²) in [5.74, 6) is 0.719. The summed E-state index contributed by atoms with van der Waals surface area (Å²) in [6.07, 6.45) is 1.81. The second kappa shape index (κ2) is 11.9. The van der Waals surface area contributed by atoms with Gasteiger partial charge in [-0.2, -0.15) is 0 Å². The van der Waals surface area contributed by atoms with Gasteiger partial charge in [-0.1, -0.05) is 11.6 Å². The molecule has 4 rings (SSSR count). The number of likely N-dealkylation sites (tertiary alicyclic amines) is 1. The van der Waals surface area contributed by atoms with Crippen LogP contribution in [0.15, 0.2) is 48.5 Å². The molecule has 2 heterocycles. The van der Waals surface area contributed by atoms with Crippen LogP contribution in [0.2, 0.25) is 5.02 Å². The zero-order chi connectivity index (χ0) is 25.5. The van der Waals surface area contributed by atoms with E-state index in [0.29, 0.717) is 49.1 Å². The van der Waals surface area contributed by atoms with Crippen LogP contribution in [-0.2, 0) is 9.59 Å². The van der Waals surface area contributed by atoms with Crippen molar-refractivity contribution in [3.63, 3.8) is 0 Å². The number of piperidine rings is 1. The highest BCUT2D eigenvalue weighted by Crippen LogP contribution is 2.35. The fourth-order valence-electron chi connectivity index (χ4n) is 4.76. The number of carbonyl (C=O) groups is 2. The summed E-state index contributed by atoms with van der Waals surface area (Å²) in [6, 6.07) is 12.7. The number of amides is 2. The van der Waals surface area contributed by atoms with E-state index in [1.54, 1.807) is 41.3 Å². The molecule has 0 radical (unpaired) electrons. The predicted octanol–water partition coefficient (Wildman–Crippen LogP) is 3.71. The van der Waals surface area contributed by atoms with Gasteiger partial charge in [-0.05, 0) is 68.4 Å². The van der Waals surface area contributed by atoms with Crippen molar-refractivity contribution in [3.8, 4) is 11.5 Å². The number of benzene rings is 2. The summed E-state index contributed by atoms with van der Waals surface area (Å²) in [4.78, 5) is 32.2. The van der Waals surface area contributed by atoms with Gasteiger partial charge in [0.25, 0.3) is 5.91 Å². The molecule has 0 unspecified atom stereocenters. The van der Waals surface area contributed by atoms with Crippen LogP contribution in [0, 0.1) is 11.2 Å². The van der Waals surface area contributed by atoms with E-state index in [4.69, 9.17) is 21.1 Å². The maximum Gasteiger partial charge on any atom is 0.260 e. The number of likely N-dealkylation sites (N-methyl/N-ethyl adjacent to an activating group) is 1. The Balaban J connectivity index is 1.43. The lowest BCUT2D eigenvalue weighted by Gasteiger charge is -2.43. The van der Waals surface area contributed by atoms with Gasteiger partial charge in [-0.15, -0.1) is 0 Å². The molecule has 2 saturated heterocycles. The Hall–Kier alpha value is -2.84. The average Bonchev–Trinajstić information content (AvgIpc) is 2.88. The number of hydrogen-bond donors (Lipinski definition) is 0. The normalized spacial score (nSPS) is 20.8. The molecule has 0 spiro atoms. The summed E-state index contributed by atoms with van der Waals surface area (Å²) in [5.41, 5.74) is -0.539. The third-order valence-corrected chi connectivity index (χ3v) is 7.18. The Morgan fingerprint density at radius 2 is 1.53 bits per heavy atom. The molecule has 0 aliphatic carbocycles. The second-order valence-corrected chi connectivity index (χ2v) is 10.2. The summed E-state index contributed by atoms with van der Waals surface area (Å²) in [5, 5.41) is 0.598. The first-order valence-electron chi connectivity index (χ1n) is 12.3. The van der Waals surface area contributed by atoms with E-state index < -0.39 is 5.41 Å². The molecule has 2 fully saturated rings. The summed E-state index contributed by atoms with van der Waals surface area (Å²) < 4.78 is 25.1. The Labute approximate surface area is 216 Å². The van der Waals surface area contributed by atoms with Crippen molar-refractivity contribution in [3.05, 3.63) is 59.4 Å². The van der Waals surface area contributed by atoms with E-state index in [1.807, 2.05) is 4.90 Å². The highest BCUT2D eigenvalue weighted by atomic mass is 35.5. The Morgan fingerprint density at radius 3 is 2.22 bits per heavy atom. The van der Waals surface area contributed by atoms with Crippen molar-refractivity contribution in [1.29, 1.82) is 0 Å². The number of piperazine rings is 1. The molecular formula is C27H33ClFN3O4. The maximum absolute atomic E-state index is 13.3. The van der Waals surface area contributed by atoms with Gasteiger partial charge in [-0.3, -0.25) is 9.59 Å². The number of rotatable bonds is 8. The number of hydrogen-bond acceptors (Lipinski definition) is 5. The first-order valence-corrected chi connectivity index (χ1v) is 12.7. The zero-order valence-corrected chi connectivity index (χ0v) is 21.4. The number of ether oxygens (including phenoxy) is 2. The molecule has 194 valence electrons. The lowest BCUT2D eigenvalue weighted by molar-refractivity contribution is -0.143. The number of halogens is 2. The minimum Gasteiger partial charge on any atom is -0.493 e. The molecule has 0 bridgehead atoms. The summed E-state index contributed by atoms with van der Waals surface area (Å²) in [7, 11) is 2.05. The van der Waals surface area contributed by atoms with Crippen LogP contribution in [0.3, 0.4) is 0 Å². The van der Waals surface area contributed by atoms with E-state index in [-0.39, 0.29) is 30.8 Å². The SMILES string of the molecule is CN1CCN(C(=O)C[C@]2(COc3ccc(F)cc3)CCCN(C(=O)COc3ccc(Cl)cc3)C2)CC1. The van der Waals surface area contributed by atoms with E-state index in [1.165, 1.54) is 12.1 Å². The Morgan fingerprint density at radius 1 is 0.889 bits per heavy atom.